The fourth-order valence-electron chi connectivity index (χ4n) is 3.18. The molecule has 0 heterocycles. The van der Waals surface area contributed by atoms with Crippen LogP contribution in [0.4, 0.5) is 0 Å². The van der Waals surface area contributed by atoms with E-state index in [2.05, 4.69) is 17.3 Å². The van der Waals surface area contributed by atoms with Crippen molar-refractivity contribution in [2.24, 2.45) is 0 Å². The number of carbonyl (C=O) groups excluding carboxylic acids is 1. The molecule has 3 nitrogen and oxygen atoms in total. The van der Waals surface area contributed by atoms with Crippen LogP contribution in [-0.2, 0) is 4.79 Å². The molecular formula is C18H27ClN2O. The number of nitrogens with zero attached hydrogens (tertiary/aromatic N) is 1. The van der Waals surface area contributed by atoms with Gasteiger partial charge in [-0.3, -0.25) is 9.69 Å². The van der Waals surface area contributed by atoms with E-state index in [-0.39, 0.29) is 11.9 Å². The summed E-state index contributed by atoms with van der Waals surface area (Å²) in [4.78, 5) is 14.5. The molecule has 1 atom stereocenters. The first-order chi connectivity index (χ1) is 10.6. The summed E-state index contributed by atoms with van der Waals surface area (Å²) < 4.78 is 0. The van der Waals surface area contributed by atoms with Crippen molar-refractivity contribution in [1.82, 2.24) is 10.2 Å². The summed E-state index contributed by atoms with van der Waals surface area (Å²) in [7, 11) is 2.07. The van der Waals surface area contributed by atoms with Crippen molar-refractivity contribution >= 4 is 17.5 Å². The Kier molecular flexibility index (Phi) is 6.71. The van der Waals surface area contributed by atoms with Gasteiger partial charge in [-0.05, 0) is 44.5 Å². The second-order valence-corrected chi connectivity index (χ2v) is 6.84. The minimum atomic E-state index is 0.00676. The molecule has 0 bridgehead atoms. The number of amides is 1. The van der Waals surface area contributed by atoms with Crippen molar-refractivity contribution in [1.29, 1.82) is 0 Å². The highest BCUT2D eigenvalue weighted by molar-refractivity contribution is 6.30. The first kappa shape index (κ1) is 17.3. The number of carbonyl (C=O) groups is 1. The van der Waals surface area contributed by atoms with Gasteiger partial charge in [-0.1, -0.05) is 49.4 Å². The van der Waals surface area contributed by atoms with Gasteiger partial charge in [0.1, 0.15) is 0 Å². The lowest BCUT2D eigenvalue weighted by Crippen LogP contribution is -2.41. The Hall–Kier alpha value is -1.06. The van der Waals surface area contributed by atoms with Crippen LogP contribution >= 0.6 is 11.6 Å². The molecule has 1 amide bonds. The Morgan fingerprint density at radius 2 is 1.82 bits per heavy atom. The van der Waals surface area contributed by atoms with E-state index in [0.717, 1.165) is 10.6 Å². The summed E-state index contributed by atoms with van der Waals surface area (Å²) in [6.45, 7) is 2.48. The Morgan fingerprint density at radius 1 is 1.23 bits per heavy atom. The maximum absolute atomic E-state index is 12.3. The van der Waals surface area contributed by atoms with Gasteiger partial charge in [-0.25, -0.2) is 0 Å². The Balaban J connectivity index is 1.82. The average molecular weight is 323 g/mol. The van der Waals surface area contributed by atoms with E-state index in [1.165, 1.54) is 38.5 Å². The zero-order valence-corrected chi connectivity index (χ0v) is 14.4. The van der Waals surface area contributed by atoms with Crippen LogP contribution in [0.3, 0.4) is 0 Å². The van der Waals surface area contributed by atoms with Crippen LogP contribution in [0.25, 0.3) is 0 Å². The standard InChI is InChI=1S/C18H27ClN2O/c1-14(15-9-11-16(19)12-10-15)20-18(22)13-21(2)17-7-5-3-4-6-8-17/h9-12,14,17H,3-8,13H2,1-2H3,(H,20,22). The van der Waals surface area contributed by atoms with E-state index in [4.69, 9.17) is 11.6 Å². The largest absolute Gasteiger partial charge is 0.348 e. The fraction of sp³-hybridized carbons (Fsp3) is 0.611. The number of halogens is 1. The molecule has 1 unspecified atom stereocenters. The van der Waals surface area contributed by atoms with Crippen LogP contribution in [0.5, 0.6) is 0 Å². The smallest absolute Gasteiger partial charge is 0.234 e. The molecular weight excluding hydrogens is 296 g/mol. The lowest BCUT2D eigenvalue weighted by atomic mass is 10.1. The van der Waals surface area contributed by atoms with E-state index in [9.17, 15) is 4.79 Å². The Bertz CT molecular complexity index is 466. The van der Waals surface area contributed by atoms with Gasteiger partial charge < -0.3 is 5.32 Å². The molecule has 1 aromatic rings. The van der Waals surface area contributed by atoms with Gasteiger partial charge in [-0.15, -0.1) is 0 Å². The quantitative estimate of drug-likeness (QED) is 0.825. The Morgan fingerprint density at radius 3 is 2.41 bits per heavy atom. The monoisotopic (exact) mass is 322 g/mol. The van der Waals surface area contributed by atoms with E-state index < -0.39 is 0 Å². The summed E-state index contributed by atoms with van der Waals surface area (Å²) in [5.41, 5.74) is 1.08. The predicted molar refractivity (Wildman–Crippen MR) is 92.1 cm³/mol. The first-order valence-electron chi connectivity index (χ1n) is 8.31. The third kappa shape index (κ3) is 5.29. The van der Waals surface area contributed by atoms with Crippen LogP contribution in [0.2, 0.25) is 5.02 Å². The molecule has 0 radical (unpaired) electrons. The third-order valence-corrected chi connectivity index (χ3v) is 4.84. The maximum Gasteiger partial charge on any atom is 0.234 e. The molecule has 0 aromatic heterocycles. The molecule has 0 aliphatic heterocycles. The van der Waals surface area contributed by atoms with E-state index >= 15 is 0 Å². The zero-order chi connectivity index (χ0) is 15.9. The van der Waals surface area contributed by atoms with Gasteiger partial charge in [0.15, 0.2) is 0 Å². The molecule has 4 heteroatoms. The minimum Gasteiger partial charge on any atom is -0.348 e. The molecule has 122 valence electrons. The van der Waals surface area contributed by atoms with Gasteiger partial charge in [0.05, 0.1) is 12.6 Å². The van der Waals surface area contributed by atoms with Gasteiger partial charge in [0, 0.05) is 11.1 Å². The molecule has 22 heavy (non-hydrogen) atoms. The summed E-state index contributed by atoms with van der Waals surface area (Å²) >= 11 is 5.90. The van der Waals surface area contributed by atoms with Crippen molar-refractivity contribution in [2.75, 3.05) is 13.6 Å². The molecule has 1 aromatic carbocycles. The van der Waals surface area contributed by atoms with Crippen molar-refractivity contribution in [3.63, 3.8) is 0 Å². The first-order valence-corrected chi connectivity index (χ1v) is 8.69. The van der Waals surface area contributed by atoms with Crippen molar-refractivity contribution in [3.8, 4) is 0 Å². The average Bonchev–Trinajstić information content (AvgIpc) is 2.76. The topological polar surface area (TPSA) is 32.3 Å². The highest BCUT2D eigenvalue weighted by Gasteiger charge is 2.19. The Labute approximate surface area is 139 Å². The highest BCUT2D eigenvalue weighted by atomic mass is 35.5. The van der Waals surface area contributed by atoms with Gasteiger partial charge in [-0.2, -0.15) is 0 Å². The van der Waals surface area contributed by atoms with E-state index in [0.29, 0.717) is 12.6 Å². The summed E-state index contributed by atoms with van der Waals surface area (Å²) in [6, 6.07) is 8.20. The van der Waals surface area contributed by atoms with Crippen molar-refractivity contribution < 1.29 is 4.79 Å². The van der Waals surface area contributed by atoms with Crippen molar-refractivity contribution in [3.05, 3.63) is 34.9 Å². The maximum atomic E-state index is 12.3. The van der Waals surface area contributed by atoms with Crippen LogP contribution in [-0.4, -0.2) is 30.4 Å². The fourth-order valence-corrected chi connectivity index (χ4v) is 3.30. The van der Waals surface area contributed by atoms with Crippen LogP contribution in [0.15, 0.2) is 24.3 Å². The number of hydrogen-bond acceptors (Lipinski definition) is 2. The molecule has 1 N–H and O–H groups in total. The summed E-state index contributed by atoms with van der Waals surface area (Å²) in [5, 5.41) is 3.80. The second kappa shape index (κ2) is 8.54. The highest BCUT2D eigenvalue weighted by Crippen LogP contribution is 2.21. The minimum absolute atomic E-state index is 0.00676. The molecule has 1 aliphatic rings. The number of hydrogen-bond donors (Lipinski definition) is 1. The molecule has 2 rings (SSSR count). The number of likely N-dealkylation sites (N-methyl/N-ethyl adjacent to an activating group) is 1. The third-order valence-electron chi connectivity index (χ3n) is 4.59. The normalized spacial score (nSPS) is 18.0. The second-order valence-electron chi connectivity index (χ2n) is 6.40. The summed E-state index contributed by atoms with van der Waals surface area (Å²) in [5.74, 6) is 0.0918. The molecule has 0 spiro atoms. The van der Waals surface area contributed by atoms with Crippen LogP contribution < -0.4 is 5.32 Å². The lowest BCUT2D eigenvalue weighted by molar-refractivity contribution is -0.123. The molecule has 1 saturated carbocycles. The molecule has 1 fully saturated rings. The lowest BCUT2D eigenvalue weighted by Gasteiger charge is -2.27. The predicted octanol–water partition coefficient (Wildman–Crippen LogP) is 4.17. The van der Waals surface area contributed by atoms with Crippen molar-refractivity contribution in [2.45, 2.75) is 57.5 Å². The van der Waals surface area contributed by atoms with Crippen LogP contribution in [0.1, 0.15) is 57.1 Å². The molecule has 1 aliphatic carbocycles. The molecule has 0 saturated heterocycles. The number of benzene rings is 1. The van der Waals surface area contributed by atoms with E-state index in [1.807, 2.05) is 31.2 Å². The van der Waals surface area contributed by atoms with Crippen LogP contribution in [0, 0.1) is 0 Å². The van der Waals surface area contributed by atoms with Gasteiger partial charge in [0.2, 0.25) is 5.91 Å². The SMILES string of the molecule is CC(NC(=O)CN(C)C1CCCCCC1)c1ccc(Cl)cc1. The number of rotatable bonds is 5. The number of nitrogens with one attached hydrogen (secondary N) is 1. The van der Waals surface area contributed by atoms with Gasteiger partial charge in [0.25, 0.3) is 0 Å². The van der Waals surface area contributed by atoms with Gasteiger partial charge >= 0.3 is 0 Å². The summed E-state index contributed by atoms with van der Waals surface area (Å²) in [6.07, 6.45) is 7.69. The van der Waals surface area contributed by atoms with E-state index in [1.54, 1.807) is 0 Å². The zero-order valence-electron chi connectivity index (χ0n) is 13.6.